The van der Waals surface area contributed by atoms with Gasteiger partial charge in [0.1, 0.15) is 0 Å². The number of rotatable bonds is 4. The van der Waals surface area contributed by atoms with E-state index in [-0.39, 0.29) is 17.7 Å². The summed E-state index contributed by atoms with van der Waals surface area (Å²) in [5.74, 6) is -1.48. The van der Waals surface area contributed by atoms with Crippen LogP contribution < -0.4 is 5.32 Å². The summed E-state index contributed by atoms with van der Waals surface area (Å²) >= 11 is 0. The van der Waals surface area contributed by atoms with Gasteiger partial charge in [-0.1, -0.05) is 13.3 Å². The monoisotopic (exact) mass is 279 g/mol. The molecule has 0 bridgehead atoms. The van der Waals surface area contributed by atoms with Gasteiger partial charge < -0.3 is 10.4 Å². The predicted octanol–water partition coefficient (Wildman–Crippen LogP) is 1.81. The number of hydrogen-bond donors (Lipinski definition) is 2. The fourth-order valence-electron chi connectivity index (χ4n) is 2.79. The van der Waals surface area contributed by atoms with E-state index >= 15 is 0 Å². The molecule has 110 valence electrons. The predicted molar refractivity (Wildman–Crippen MR) is 74.3 cm³/mol. The van der Waals surface area contributed by atoms with Gasteiger partial charge in [0.2, 0.25) is 5.91 Å². The summed E-state index contributed by atoms with van der Waals surface area (Å²) < 4.78 is 1.68. The van der Waals surface area contributed by atoms with Crippen LogP contribution in [-0.4, -0.2) is 26.8 Å². The summed E-state index contributed by atoms with van der Waals surface area (Å²) in [7, 11) is 1.82. The number of carboxylic acids is 1. The van der Waals surface area contributed by atoms with E-state index in [0.29, 0.717) is 12.8 Å². The molecule has 1 aliphatic rings. The van der Waals surface area contributed by atoms with Crippen molar-refractivity contribution in [3.63, 3.8) is 0 Å². The standard InChI is InChI=1S/C14H21N3O3/c1-3-11-12(8-17(2)16-11)15-13(18)9-5-4-6-10(7-9)14(19)20/h8-10H,3-7H2,1-2H3,(H,15,18)(H,19,20). The lowest BCUT2D eigenvalue weighted by atomic mass is 9.81. The number of nitrogens with zero attached hydrogens (tertiary/aromatic N) is 2. The van der Waals surface area contributed by atoms with Crippen LogP contribution in [0.15, 0.2) is 6.20 Å². The highest BCUT2D eigenvalue weighted by atomic mass is 16.4. The molecule has 2 atom stereocenters. The van der Waals surface area contributed by atoms with Gasteiger partial charge in [-0.05, 0) is 25.7 Å². The smallest absolute Gasteiger partial charge is 0.306 e. The second-order valence-electron chi connectivity index (χ2n) is 5.40. The zero-order valence-electron chi connectivity index (χ0n) is 11.9. The van der Waals surface area contributed by atoms with E-state index in [2.05, 4.69) is 10.4 Å². The second-order valence-corrected chi connectivity index (χ2v) is 5.40. The van der Waals surface area contributed by atoms with Crippen LogP contribution in [0.1, 0.15) is 38.3 Å². The Hall–Kier alpha value is -1.85. The molecule has 2 N–H and O–H groups in total. The van der Waals surface area contributed by atoms with E-state index in [1.807, 2.05) is 14.0 Å². The van der Waals surface area contributed by atoms with Crippen LogP contribution in [0, 0.1) is 11.8 Å². The van der Waals surface area contributed by atoms with Crippen LogP contribution >= 0.6 is 0 Å². The van der Waals surface area contributed by atoms with Crippen molar-refractivity contribution in [1.29, 1.82) is 0 Å². The minimum Gasteiger partial charge on any atom is -0.481 e. The zero-order chi connectivity index (χ0) is 14.7. The molecule has 1 aromatic heterocycles. The van der Waals surface area contributed by atoms with Crippen molar-refractivity contribution >= 4 is 17.6 Å². The van der Waals surface area contributed by atoms with Crippen LogP contribution in [0.25, 0.3) is 0 Å². The fourth-order valence-corrected chi connectivity index (χ4v) is 2.79. The van der Waals surface area contributed by atoms with E-state index in [1.165, 1.54) is 0 Å². The van der Waals surface area contributed by atoms with Crippen molar-refractivity contribution < 1.29 is 14.7 Å². The zero-order valence-corrected chi connectivity index (χ0v) is 11.9. The van der Waals surface area contributed by atoms with Crippen molar-refractivity contribution in [3.8, 4) is 0 Å². The van der Waals surface area contributed by atoms with Crippen LogP contribution in [0.4, 0.5) is 5.69 Å². The molecule has 1 aliphatic carbocycles. The number of amides is 1. The van der Waals surface area contributed by atoms with Crippen molar-refractivity contribution in [2.45, 2.75) is 39.0 Å². The number of hydrogen-bond acceptors (Lipinski definition) is 3. The topological polar surface area (TPSA) is 84.2 Å². The molecule has 1 fully saturated rings. The Morgan fingerprint density at radius 2 is 2.15 bits per heavy atom. The quantitative estimate of drug-likeness (QED) is 0.880. The molecular weight excluding hydrogens is 258 g/mol. The van der Waals surface area contributed by atoms with E-state index in [0.717, 1.165) is 30.6 Å². The normalized spacial score (nSPS) is 22.5. The Morgan fingerprint density at radius 1 is 1.45 bits per heavy atom. The van der Waals surface area contributed by atoms with Gasteiger partial charge in [0.25, 0.3) is 0 Å². The van der Waals surface area contributed by atoms with Crippen molar-refractivity contribution in [2.75, 3.05) is 5.32 Å². The number of carboxylic acid groups (broad SMARTS) is 1. The first-order chi connectivity index (χ1) is 9.51. The van der Waals surface area contributed by atoms with E-state index in [4.69, 9.17) is 5.11 Å². The van der Waals surface area contributed by atoms with Crippen LogP contribution in [0.5, 0.6) is 0 Å². The summed E-state index contributed by atoms with van der Waals surface area (Å²) in [6.45, 7) is 1.99. The lowest BCUT2D eigenvalue weighted by molar-refractivity contribution is -0.143. The summed E-state index contributed by atoms with van der Waals surface area (Å²) in [6.07, 6.45) is 5.20. The van der Waals surface area contributed by atoms with E-state index < -0.39 is 5.97 Å². The first kappa shape index (κ1) is 14.6. The van der Waals surface area contributed by atoms with Crippen molar-refractivity contribution in [3.05, 3.63) is 11.9 Å². The lowest BCUT2D eigenvalue weighted by Crippen LogP contribution is -2.31. The molecule has 1 heterocycles. The number of aromatic nitrogens is 2. The first-order valence-corrected chi connectivity index (χ1v) is 7.07. The molecule has 6 heteroatoms. The highest BCUT2D eigenvalue weighted by Gasteiger charge is 2.31. The van der Waals surface area contributed by atoms with Gasteiger partial charge in [-0.25, -0.2) is 0 Å². The maximum Gasteiger partial charge on any atom is 0.306 e. The van der Waals surface area contributed by atoms with Crippen LogP contribution in [0.3, 0.4) is 0 Å². The highest BCUT2D eigenvalue weighted by molar-refractivity contribution is 5.93. The maximum atomic E-state index is 12.3. The average molecular weight is 279 g/mol. The summed E-state index contributed by atoms with van der Waals surface area (Å²) in [6, 6.07) is 0. The molecule has 0 radical (unpaired) electrons. The molecule has 2 unspecified atom stereocenters. The SMILES string of the molecule is CCc1nn(C)cc1NC(=O)C1CCCC(C(=O)O)C1. The molecule has 1 amide bonds. The molecule has 0 aliphatic heterocycles. The van der Waals surface area contributed by atoms with Gasteiger partial charge in [-0.3, -0.25) is 14.3 Å². The molecule has 6 nitrogen and oxygen atoms in total. The number of aryl methyl sites for hydroxylation is 2. The third-order valence-corrected chi connectivity index (χ3v) is 3.89. The second kappa shape index (κ2) is 6.07. The van der Waals surface area contributed by atoms with E-state index in [1.54, 1.807) is 10.9 Å². The summed E-state index contributed by atoms with van der Waals surface area (Å²) in [5, 5.41) is 16.2. The van der Waals surface area contributed by atoms with Gasteiger partial charge >= 0.3 is 5.97 Å². The fraction of sp³-hybridized carbons (Fsp3) is 0.643. The summed E-state index contributed by atoms with van der Waals surface area (Å²) in [4.78, 5) is 23.3. The third-order valence-electron chi connectivity index (χ3n) is 3.89. The molecule has 0 aromatic carbocycles. The molecular formula is C14H21N3O3. The molecule has 0 spiro atoms. The third kappa shape index (κ3) is 3.18. The number of nitrogens with one attached hydrogen (secondary N) is 1. The van der Waals surface area contributed by atoms with Crippen molar-refractivity contribution in [1.82, 2.24) is 9.78 Å². The van der Waals surface area contributed by atoms with Gasteiger partial charge in [0.05, 0.1) is 17.3 Å². The number of carbonyl (C=O) groups excluding carboxylic acids is 1. The minimum atomic E-state index is -0.793. The molecule has 1 aromatic rings. The van der Waals surface area contributed by atoms with Crippen molar-refractivity contribution in [2.24, 2.45) is 18.9 Å². The first-order valence-electron chi connectivity index (χ1n) is 7.07. The minimum absolute atomic E-state index is 0.0846. The van der Waals surface area contributed by atoms with Crippen LogP contribution in [-0.2, 0) is 23.1 Å². The van der Waals surface area contributed by atoms with Crippen LogP contribution in [0.2, 0.25) is 0 Å². The number of anilines is 1. The van der Waals surface area contributed by atoms with E-state index in [9.17, 15) is 9.59 Å². The molecule has 0 saturated heterocycles. The average Bonchev–Trinajstić information content (AvgIpc) is 2.78. The van der Waals surface area contributed by atoms with Gasteiger partial charge in [-0.15, -0.1) is 0 Å². The highest BCUT2D eigenvalue weighted by Crippen LogP contribution is 2.30. The molecule has 1 saturated carbocycles. The Balaban J connectivity index is 2.02. The molecule has 20 heavy (non-hydrogen) atoms. The largest absolute Gasteiger partial charge is 0.481 e. The van der Waals surface area contributed by atoms with Gasteiger partial charge in [0, 0.05) is 19.2 Å². The van der Waals surface area contributed by atoms with Gasteiger partial charge in [0.15, 0.2) is 0 Å². The lowest BCUT2D eigenvalue weighted by Gasteiger charge is -2.25. The molecule has 2 rings (SSSR count). The Bertz CT molecular complexity index is 510. The Kier molecular flexibility index (Phi) is 4.42. The van der Waals surface area contributed by atoms with Gasteiger partial charge in [-0.2, -0.15) is 5.10 Å². The Morgan fingerprint density at radius 3 is 2.80 bits per heavy atom. The summed E-state index contributed by atoms with van der Waals surface area (Å²) in [5.41, 5.74) is 1.59. The maximum absolute atomic E-state index is 12.3. The number of carbonyl (C=O) groups is 2. The number of aliphatic carboxylic acids is 1. The Labute approximate surface area is 118 Å².